The molecule has 1 fully saturated rings. The molecule has 1 rings (SSSR count). The van der Waals surface area contributed by atoms with Gasteiger partial charge < -0.3 is 4.90 Å². The molecule has 15 heavy (non-hydrogen) atoms. The van der Waals surface area contributed by atoms with Crippen molar-refractivity contribution < 1.29 is 9.59 Å². The fraction of sp³-hybridized carbons (Fsp3) is 0.818. The first kappa shape index (κ1) is 12.0. The minimum absolute atomic E-state index is 0.134. The van der Waals surface area contributed by atoms with Crippen LogP contribution in [0.4, 0.5) is 4.79 Å². The predicted octanol–water partition coefficient (Wildman–Crippen LogP) is 1.75. The summed E-state index contributed by atoms with van der Waals surface area (Å²) in [6.45, 7) is 10.6. The maximum absolute atomic E-state index is 11.5. The molecule has 1 heterocycles. The van der Waals surface area contributed by atoms with Gasteiger partial charge in [-0.05, 0) is 25.7 Å². The summed E-state index contributed by atoms with van der Waals surface area (Å²) < 4.78 is 0. The van der Waals surface area contributed by atoms with Crippen molar-refractivity contribution in [3.63, 3.8) is 0 Å². The van der Waals surface area contributed by atoms with Crippen LogP contribution in [0.1, 0.15) is 41.0 Å². The molecule has 0 unspecified atom stereocenters. The summed E-state index contributed by atoms with van der Waals surface area (Å²) in [5, 5.41) is 2.31. The summed E-state index contributed by atoms with van der Waals surface area (Å²) in [5.74, 6) is -0.206. The first-order valence-corrected chi connectivity index (χ1v) is 5.23. The normalized spacial score (nSPS) is 18.3. The number of urea groups is 1. The molecule has 3 amide bonds. The number of hydrogen-bond acceptors (Lipinski definition) is 2. The molecule has 1 aliphatic heterocycles. The van der Waals surface area contributed by atoms with E-state index in [0.29, 0.717) is 0 Å². The lowest BCUT2D eigenvalue weighted by atomic mass is 9.81. The number of carbonyl (C=O) groups is 2. The number of nitrogens with zero attached hydrogens (tertiary/aromatic N) is 1. The van der Waals surface area contributed by atoms with E-state index in [0.717, 1.165) is 6.42 Å². The highest BCUT2D eigenvalue weighted by molar-refractivity contribution is 6.02. The monoisotopic (exact) mass is 212 g/mol. The van der Waals surface area contributed by atoms with E-state index < -0.39 is 0 Å². The summed E-state index contributed by atoms with van der Waals surface area (Å²) in [6, 6.07) is -0.269. The number of nitrogens with one attached hydrogen (secondary N) is 1. The van der Waals surface area contributed by atoms with Crippen LogP contribution in [0.5, 0.6) is 0 Å². The molecular weight excluding hydrogens is 192 g/mol. The average molecular weight is 212 g/mol. The van der Waals surface area contributed by atoms with E-state index in [1.54, 1.807) is 4.90 Å². The van der Waals surface area contributed by atoms with Crippen molar-refractivity contribution in [1.29, 1.82) is 0 Å². The van der Waals surface area contributed by atoms with Crippen LogP contribution in [0, 0.1) is 5.41 Å². The minimum Gasteiger partial charge on any atom is -0.310 e. The van der Waals surface area contributed by atoms with E-state index in [2.05, 4.69) is 26.1 Å². The zero-order chi connectivity index (χ0) is 11.9. The van der Waals surface area contributed by atoms with Gasteiger partial charge in [-0.25, -0.2) is 4.79 Å². The number of rotatable bonds is 2. The molecule has 1 saturated heterocycles. The molecule has 4 nitrogen and oxygen atoms in total. The number of amides is 3. The van der Waals surface area contributed by atoms with Crippen molar-refractivity contribution >= 4 is 11.9 Å². The van der Waals surface area contributed by atoms with Crippen LogP contribution in [-0.2, 0) is 4.79 Å². The Kier molecular flexibility index (Phi) is 2.81. The third kappa shape index (κ3) is 2.94. The van der Waals surface area contributed by atoms with Gasteiger partial charge in [0, 0.05) is 5.54 Å². The van der Waals surface area contributed by atoms with Gasteiger partial charge >= 0.3 is 6.03 Å². The molecule has 0 atom stereocenters. The molecular formula is C11H20N2O2. The first-order valence-electron chi connectivity index (χ1n) is 5.23. The Morgan fingerprint density at radius 1 is 1.20 bits per heavy atom. The molecule has 1 aliphatic rings. The lowest BCUT2D eigenvalue weighted by Crippen LogP contribution is -2.47. The maximum atomic E-state index is 11.5. The van der Waals surface area contributed by atoms with Crippen LogP contribution in [0.2, 0.25) is 0 Å². The Balaban J connectivity index is 2.78. The smallest absolute Gasteiger partial charge is 0.310 e. The third-order valence-corrected chi connectivity index (χ3v) is 2.49. The number of imide groups is 1. The molecule has 0 radical (unpaired) electrons. The summed E-state index contributed by atoms with van der Waals surface area (Å²) in [5.41, 5.74) is -0.149. The first-order chi connectivity index (χ1) is 6.62. The van der Waals surface area contributed by atoms with Crippen molar-refractivity contribution in [3.05, 3.63) is 0 Å². The second-order valence-corrected chi connectivity index (χ2v) is 5.99. The Morgan fingerprint density at radius 2 is 1.73 bits per heavy atom. The standard InChI is InChI=1S/C11H20N2O2/c1-10(2,3)7-11(4,5)13-6-8(14)12-9(13)15/h6-7H2,1-5H3,(H,12,14,15). The van der Waals surface area contributed by atoms with Crippen molar-refractivity contribution in [3.8, 4) is 0 Å². The summed E-state index contributed by atoms with van der Waals surface area (Å²) in [4.78, 5) is 24.2. The van der Waals surface area contributed by atoms with Gasteiger partial charge in [0.2, 0.25) is 5.91 Å². The largest absolute Gasteiger partial charge is 0.325 e. The summed E-state index contributed by atoms with van der Waals surface area (Å²) >= 11 is 0. The van der Waals surface area contributed by atoms with Crippen LogP contribution < -0.4 is 5.32 Å². The van der Waals surface area contributed by atoms with E-state index in [-0.39, 0.29) is 29.4 Å². The van der Waals surface area contributed by atoms with E-state index in [1.165, 1.54) is 0 Å². The maximum Gasteiger partial charge on any atom is 0.325 e. The van der Waals surface area contributed by atoms with Gasteiger partial charge in [-0.2, -0.15) is 0 Å². The van der Waals surface area contributed by atoms with Crippen LogP contribution in [0.25, 0.3) is 0 Å². The summed E-state index contributed by atoms with van der Waals surface area (Å²) in [6.07, 6.45) is 0.862. The lowest BCUT2D eigenvalue weighted by molar-refractivity contribution is -0.118. The predicted molar refractivity (Wildman–Crippen MR) is 58.4 cm³/mol. The molecule has 0 saturated carbocycles. The van der Waals surface area contributed by atoms with Crippen molar-refractivity contribution in [2.75, 3.05) is 6.54 Å². The van der Waals surface area contributed by atoms with Gasteiger partial charge in [-0.3, -0.25) is 10.1 Å². The minimum atomic E-state index is -0.283. The zero-order valence-electron chi connectivity index (χ0n) is 10.2. The fourth-order valence-corrected chi connectivity index (χ4v) is 2.32. The lowest BCUT2D eigenvalue weighted by Gasteiger charge is -2.38. The fourth-order valence-electron chi connectivity index (χ4n) is 2.32. The van der Waals surface area contributed by atoms with E-state index in [4.69, 9.17) is 0 Å². The Morgan fingerprint density at radius 3 is 2.07 bits per heavy atom. The molecule has 0 aromatic rings. The van der Waals surface area contributed by atoms with E-state index in [9.17, 15) is 9.59 Å². The van der Waals surface area contributed by atoms with Crippen LogP contribution in [0.15, 0.2) is 0 Å². The molecule has 86 valence electrons. The van der Waals surface area contributed by atoms with Crippen LogP contribution in [0.3, 0.4) is 0 Å². The highest BCUT2D eigenvalue weighted by atomic mass is 16.2. The third-order valence-electron chi connectivity index (χ3n) is 2.49. The van der Waals surface area contributed by atoms with Crippen molar-refractivity contribution in [2.45, 2.75) is 46.6 Å². The molecule has 0 aromatic carbocycles. The highest BCUT2D eigenvalue weighted by Gasteiger charge is 2.39. The van der Waals surface area contributed by atoms with Gasteiger partial charge in [0.15, 0.2) is 0 Å². The van der Waals surface area contributed by atoms with Gasteiger partial charge in [0.05, 0.1) is 0 Å². The van der Waals surface area contributed by atoms with Gasteiger partial charge in [0.1, 0.15) is 6.54 Å². The second-order valence-electron chi connectivity index (χ2n) is 5.99. The van der Waals surface area contributed by atoms with Crippen molar-refractivity contribution in [2.24, 2.45) is 5.41 Å². The van der Waals surface area contributed by atoms with Crippen LogP contribution in [-0.4, -0.2) is 28.9 Å². The molecule has 0 aromatic heterocycles. The number of hydrogen-bond donors (Lipinski definition) is 1. The zero-order valence-corrected chi connectivity index (χ0v) is 10.2. The average Bonchev–Trinajstić information content (AvgIpc) is 2.24. The molecule has 0 spiro atoms. The summed E-state index contributed by atoms with van der Waals surface area (Å²) in [7, 11) is 0. The molecule has 0 aliphatic carbocycles. The molecule has 0 bridgehead atoms. The molecule has 1 N–H and O–H groups in total. The Bertz CT molecular complexity index is 289. The highest BCUT2D eigenvalue weighted by Crippen LogP contribution is 2.31. The van der Waals surface area contributed by atoms with Gasteiger partial charge in [0.25, 0.3) is 0 Å². The quantitative estimate of drug-likeness (QED) is 0.709. The SMILES string of the molecule is CC(C)(C)CC(C)(C)N1CC(=O)NC1=O. The topological polar surface area (TPSA) is 49.4 Å². The number of carbonyl (C=O) groups excluding carboxylic acids is 2. The van der Waals surface area contributed by atoms with Gasteiger partial charge in [-0.15, -0.1) is 0 Å². The van der Waals surface area contributed by atoms with E-state index >= 15 is 0 Å². The van der Waals surface area contributed by atoms with E-state index in [1.807, 2.05) is 13.8 Å². The van der Waals surface area contributed by atoms with Crippen LogP contribution >= 0.6 is 0 Å². The second kappa shape index (κ2) is 3.51. The molecule has 4 heteroatoms. The van der Waals surface area contributed by atoms with Crippen molar-refractivity contribution in [1.82, 2.24) is 10.2 Å². The Labute approximate surface area is 91.0 Å². The van der Waals surface area contributed by atoms with Gasteiger partial charge in [-0.1, -0.05) is 20.8 Å². The Hall–Kier alpha value is -1.06.